The summed E-state index contributed by atoms with van der Waals surface area (Å²) < 4.78 is 6.48. The molecule has 0 unspecified atom stereocenters. The summed E-state index contributed by atoms with van der Waals surface area (Å²) in [7, 11) is 1.57. The summed E-state index contributed by atoms with van der Waals surface area (Å²) in [5, 5.41) is 21.8. The molecule has 1 heterocycles. The summed E-state index contributed by atoms with van der Waals surface area (Å²) in [5.74, 6) is 4.80. The zero-order valence-electron chi connectivity index (χ0n) is 9.14. The highest BCUT2D eigenvalue weighted by molar-refractivity contribution is 6.03. The van der Waals surface area contributed by atoms with E-state index in [9.17, 15) is 4.79 Å². The van der Waals surface area contributed by atoms with Crippen LogP contribution in [-0.2, 0) is 11.9 Å². The Bertz CT molecular complexity index is 416. The van der Waals surface area contributed by atoms with E-state index in [1.807, 2.05) is 5.32 Å². The number of carbonyl (C=O) groups is 1. The summed E-state index contributed by atoms with van der Waals surface area (Å²) in [6.45, 7) is 0.420. The Morgan fingerprint density at radius 1 is 1.71 bits per heavy atom. The molecule has 0 saturated carbocycles. The predicted octanol–water partition coefficient (Wildman–Crippen LogP) is -0.718. The standard InChI is InChI=1S/C8H13N5O4/c1-13-5(7(9)11-8(14)15)4-6(12-13)16-2-3-17-10/h4H,2-3,10H2,1H3,(H2,9,11)(H,14,15). The number of aromatic nitrogens is 2. The fourth-order valence-electron chi connectivity index (χ4n) is 1.11. The number of hydrogen-bond acceptors (Lipinski definition) is 6. The zero-order chi connectivity index (χ0) is 12.8. The smallest absolute Gasteiger partial charge is 0.410 e. The number of carboxylic acid groups (broad SMARTS) is 1. The van der Waals surface area contributed by atoms with Crippen LogP contribution in [0.15, 0.2) is 6.07 Å². The molecule has 0 aliphatic carbocycles. The van der Waals surface area contributed by atoms with Gasteiger partial charge in [0, 0.05) is 13.1 Å². The second kappa shape index (κ2) is 5.82. The van der Waals surface area contributed by atoms with Crippen molar-refractivity contribution in [2.45, 2.75) is 0 Å². The van der Waals surface area contributed by atoms with Crippen molar-refractivity contribution in [2.75, 3.05) is 13.2 Å². The Hall–Kier alpha value is -2.13. The van der Waals surface area contributed by atoms with Gasteiger partial charge in [-0.1, -0.05) is 0 Å². The Morgan fingerprint density at radius 2 is 2.41 bits per heavy atom. The van der Waals surface area contributed by atoms with Crippen molar-refractivity contribution < 1.29 is 19.5 Å². The minimum atomic E-state index is -1.31. The first-order valence-electron chi connectivity index (χ1n) is 4.62. The summed E-state index contributed by atoms with van der Waals surface area (Å²) in [6, 6.07) is 1.44. The largest absolute Gasteiger partial charge is 0.474 e. The van der Waals surface area contributed by atoms with E-state index in [2.05, 4.69) is 9.94 Å². The highest BCUT2D eigenvalue weighted by atomic mass is 16.6. The minimum Gasteiger partial charge on any atom is -0.474 e. The third-order valence-electron chi connectivity index (χ3n) is 1.80. The molecule has 0 atom stereocenters. The van der Waals surface area contributed by atoms with Crippen LogP contribution >= 0.6 is 0 Å². The topological polar surface area (TPSA) is 135 Å². The number of nitrogens with zero attached hydrogens (tertiary/aromatic N) is 2. The molecule has 0 aromatic carbocycles. The van der Waals surface area contributed by atoms with Crippen LogP contribution in [0.2, 0.25) is 0 Å². The van der Waals surface area contributed by atoms with Crippen molar-refractivity contribution in [3.05, 3.63) is 11.8 Å². The van der Waals surface area contributed by atoms with Gasteiger partial charge in [0.1, 0.15) is 18.9 Å². The van der Waals surface area contributed by atoms with E-state index in [-0.39, 0.29) is 30.6 Å². The van der Waals surface area contributed by atoms with Gasteiger partial charge in [0.2, 0.25) is 5.88 Å². The summed E-state index contributed by atoms with van der Waals surface area (Å²) >= 11 is 0. The van der Waals surface area contributed by atoms with Crippen LogP contribution in [0, 0.1) is 5.41 Å². The van der Waals surface area contributed by atoms with Crippen molar-refractivity contribution in [1.29, 1.82) is 5.41 Å². The number of amides is 1. The van der Waals surface area contributed by atoms with E-state index in [1.54, 1.807) is 7.05 Å². The van der Waals surface area contributed by atoms with Crippen LogP contribution in [0.5, 0.6) is 5.88 Å². The van der Waals surface area contributed by atoms with Crippen molar-refractivity contribution in [1.82, 2.24) is 15.1 Å². The van der Waals surface area contributed by atoms with Gasteiger partial charge in [-0.25, -0.2) is 10.7 Å². The van der Waals surface area contributed by atoms with Crippen LogP contribution in [0.4, 0.5) is 4.79 Å². The molecule has 0 bridgehead atoms. The lowest BCUT2D eigenvalue weighted by Gasteiger charge is -2.01. The van der Waals surface area contributed by atoms with E-state index in [4.69, 9.17) is 21.1 Å². The van der Waals surface area contributed by atoms with Crippen molar-refractivity contribution in [3.63, 3.8) is 0 Å². The second-order valence-corrected chi connectivity index (χ2v) is 3.02. The van der Waals surface area contributed by atoms with E-state index < -0.39 is 6.09 Å². The fraction of sp³-hybridized carbons (Fsp3) is 0.375. The molecular weight excluding hydrogens is 230 g/mol. The monoisotopic (exact) mass is 243 g/mol. The number of nitrogens with one attached hydrogen (secondary N) is 2. The number of ether oxygens (including phenoxy) is 1. The van der Waals surface area contributed by atoms with Gasteiger partial charge in [-0.2, -0.15) is 0 Å². The summed E-state index contributed by atoms with van der Waals surface area (Å²) in [6.07, 6.45) is -1.31. The lowest BCUT2D eigenvalue weighted by molar-refractivity contribution is 0.1000. The molecule has 94 valence electrons. The maximum Gasteiger partial charge on any atom is 0.410 e. The van der Waals surface area contributed by atoms with Gasteiger partial charge in [0.25, 0.3) is 0 Å². The number of amidine groups is 1. The lowest BCUT2D eigenvalue weighted by Crippen LogP contribution is -2.30. The van der Waals surface area contributed by atoms with Crippen molar-refractivity contribution in [3.8, 4) is 5.88 Å². The quantitative estimate of drug-likeness (QED) is 0.233. The van der Waals surface area contributed by atoms with Gasteiger partial charge in [0.05, 0.1) is 0 Å². The highest BCUT2D eigenvalue weighted by Gasteiger charge is 2.12. The first kappa shape index (κ1) is 12.9. The lowest BCUT2D eigenvalue weighted by atomic mass is 10.4. The van der Waals surface area contributed by atoms with Crippen LogP contribution in [0.25, 0.3) is 0 Å². The molecule has 1 amide bonds. The molecule has 0 saturated heterocycles. The average molecular weight is 243 g/mol. The third-order valence-corrected chi connectivity index (χ3v) is 1.80. The van der Waals surface area contributed by atoms with E-state index >= 15 is 0 Å². The van der Waals surface area contributed by atoms with Gasteiger partial charge < -0.3 is 14.7 Å². The van der Waals surface area contributed by atoms with Gasteiger partial charge in [-0.3, -0.25) is 15.4 Å². The van der Waals surface area contributed by atoms with Crippen LogP contribution in [-0.4, -0.2) is 40.0 Å². The maximum absolute atomic E-state index is 10.4. The minimum absolute atomic E-state index is 0.205. The zero-order valence-corrected chi connectivity index (χ0v) is 9.14. The Labute approximate surface area is 96.6 Å². The molecule has 1 aromatic rings. The molecule has 0 spiro atoms. The third kappa shape index (κ3) is 3.74. The van der Waals surface area contributed by atoms with Gasteiger partial charge >= 0.3 is 6.09 Å². The van der Waals surface area contributed by atoms with Crippen molar-refractivity contribution >= 4 is 11.9 Å². The van der Waals surface area contributed by atoms with Gasteiger partial charge in [0.15, 0.2) is 5.84 Å². The SMILES string of the molecule is Cn1nc(OCCON)cc1C(=N)NC(=O)O. The van der Waals surface area contributed by atoms with Crippen LogP contribution < -0.4 is 16.0 Å². The molecule has 5 N–H and O–H groups in total. The Kier molecular flexibility index (Phi) is 4.43. The van der Waals surface area contributed by atoms with Gasteiger partial charge in [-0.05, 0) is 0 Å². The molecule has 0 radical (unpaired) electrons. The summed E-state index contributed by atoms with van der Waals surface area (Å²) in [5.41, 5.74) is 0.288. The molecule has 9 nitrogen and oxygen atoms in total. The van der Waals surface area contributed by atoms with E-state index in [1.165, 1.54) is 10.7 Å². The first-order chi connectivity index (χ1) is 8.04. The molecular formula is C8H13N5O4. The Morgan fingerprint density at radius 3 is 3.00 bits per heavy atom. The molecule has 0 fully saturated rings. The number of nitrogens with two attached hydrogens (primary N) is 1. The second-order valence-electron chi connectivity index (χ2n) is 3.02. The molecule has 1 aromatic heterocycles. The molecule has 1 rings (SSSR count). The fourth-order valence-corrected chi connectivity index (χ4v) is 1.11. The van der Waals surface area contributed by atoms with E-state index in [0.29, 0.717) is 0 Å². The van der Waals surface area contributed by atoms with Gasteiger partial charge in [-0.15, -0.1) is 5.10 Å². The molecule has 0 aliphatic heterocycles. The summed E-state index contributed by atoms with van der Waals surface area (Å²) in [4.78, 5) is 14.7. The first-order valence-corrected chi connectivity index (χ1v) is 4.62. The Balaban J connectivity index is 2.67. The highest BCUT2D eigenvalue weighted by Crippen LogP contribution is 2.10. The average Bonchev–Trinajstić information content (AvgIpc) is 2.59. The normalized spacial score (nSPS) is 10.0. The number of hydrogen-bond donors (Lipinski definition) is 4. The maximum atomic E-state index is 10.4. The molecule has 0 aliphatic rings. The predicted molar refractivity (Wildman–Crippen MR) is 56.8 cm³/mol. The number of rotatable bonds is 5. The van der Waals surface area contributed by atoms with E-state index in [0.717, 1.165) is 0 Å². The van der Waals surface area contributed by atoms with Crippen molar-refractivity contribution in [2.24, 2.45) is 12.9 Å². The number of aryl methyl sites for hydroxylation is 1. The molecule has 9 heteroatoms. The molecule has 17 heavy (non-hydrogen) atoms. The van der Waals surface area contributed by atoms with Crippen LogP contribution in [0.3, 0.4) is 0 Å². The van der Waals surface area contributed by atoms with Crippen LogP contribution in [0.1, 0.15) is 5.69 Å².